The molecule has 0 radical (unpaired) electrons. The summed E-state index contributed by atoms with van der Waals surface area (Å²) in [7, 11) is 0. The Hall–Kier alpha value is -2.17. The Balaban J connectivity index is 2.21. The minimum absolute atomic E-state index is 0.0728. The maximum absolute atomic E-state index is 12.9. The molecule has 5 heteroatoms. The lowest BCUT2D eigenvalue weighted by atomic mass is 10.1. The fourth-order valence-corrected chi connectivity index (χ4v) is 1.96. The number of nitrogens with two attached hydrogens (primary N) is 1. The molecule has 2 aromatic rings. The lowest BCUT2D eigenvalue weighted by molar-refractivity contribution is -0.138. The van der Waals surface area contributed by atoms with Crippen LogP contribution in [0, 0.1) is 6.92 Å². The van der Waals surface area contributed by atoms with Crippen molar-refractivity contribution in [3.05, 3.63) is 59.2 Å². The van der Waals surface area contributed by atoms with Gasteiger partial charge >= 0.3 is 6.18 Å². The summed E-state index contributed by atoms with van der Waals surface area (Å²) in [6, 6.07) is 10.9. The number of nitrogen functional groups attached to an aromatic ring is 1. The SMILES string of the molecule is Cc1ccc(N)c(NCc2ccccc2C(F)(F)F)c1. The van der Waals surface area contributed by atoms with Crippen LogP contribution in [0.2, 0.25) is 0 Å². The molecule has 0 aromatic heterocycles. The lowest BCUT2D eigenvalue weighted by Crippen LogP contribution is -2.12. The Kier molecular flexibility index (Phi) is 3.88. The van der Waals surface area contributed by atoms with Crippen LogP contribution in [0.4, 0.5) is 24.5 Å². The Morgan fingerprint density at radius 3 is 2.50 bits per heavy atom. The molecule has 20 heavy (non-hydrogen) atoms. The zero-order chi connectivity index (χ0) is 14.8. The molecule has 0 aliphatic carbocycles. The monoisotopic (exact) mass is 280 g/mol. The molecule has 3 N–H and O–H groups in total. The third-order valence-electron chi connectivity index (χ3n) is 3.00. The highest BCUT2D eigenvalue weighted by Crippen LogP contribution is 2.32. The second-order valence-electron chi connectivity index (χ2n) is 4.60. The molecule has 0 fully saturated rings. The summed E-state index contributed by atoms with van der Waals surface area (Å²) in [5, 5.41) is 2.96. The average molecular weight is 280 g/mol. The quantitative estimate of drug-likeness (QED) is 0.827. The van der Waals surface area contributed by atoms with Gasteiger partial charge in [-0.3, -0.25) is 0 Å². The summed E-state index contributed by atoms with van der Waals surface area (Å²) in [5.41, 5.74) is 7.51. The Labute approximate surface area is 115 Å². The molecule has 2 nitrogen and oxygen atoms in total. The van der Waals surface area contributed by atoms with Gasteiger partial charge in [0.15, 0.2) is 0 Å². The molecule has 2 aromatic carbocycles. The van der Waals surface area contributed by atoms with Gasteiger partial charge in [-0.15, -0.1) is 0 Å². The van der Waals surface area contributed by atoms with Crippen molar-refractivity contribution >= 4 is 11.4 Å². The zero-order valence-corrected chi connectivity index (χ0v) is 11.0. The number of nitrogens with one attached hydrogen (secondary N) is 1. The van der Waals surface area contributed by atoms with E-state index in [0.29, 0.717) is 11.4 Å². The number of anilines is 2. The summed E-state index contributed by atoms with van der Waals surface area (Å²) >= 11 is 0. The summed E-state index contributed by atoms with van der Waals surface area (Å²) in [6.07, 6.45) is -4.35. The fourth-order valence-electron chi connectivity index (χ4n) is 1.96. The number of halogens is 3. The van der Waals surface area contributed by atoms with Crippen molar-refractivity contribution in [1.82, 2.24) is 0 Å². The van der Waals surface area contributed by atoms with Crippen molar-refractivity contribution in [1.29, 1.82) is 0 Å². The van der Waals surface area contributed by atoms with Crippen LogP contribution in [0.5, 0.6) is 0 Å². The number of alkyl halides is 3. The largest absolute Gasteiger partial charge is 0.416 e. The number of benzene rings is 2. The van der Waals surface area contributed by atoms with Crippen molar-refractivity contribution < 1.29 is 13.2 Å². The molecular weight excluding hydrogens is 265 g/mol. The van der Waals surface area contributed by atoms with Gasteiger partial charge < -0.3 is 11.1 Å². The molecule has 0 heterocycles. The molecule has 0 aliphatic rings. The Morgan fingerprint density at radius 1 is 1.10 bits per heavy atom. The van der Waals surface area contributed by atoms with Gasteiger partial charge in [0.1, 0.15) is 0 Å². The third-order valence-corrected chi connectivity index (χ3v) is 3.00. The molecule has 0 saturated carbocycles. The van der Waals surface area contributed by atoms with Gasteiger partial charge in [0.25, 0.3) is 0 Å². The minimum atomic E-state index is -4.35. The van der Waals surface area contributed by atoms with Gasteiger partial charge in [-0.05, 0) is 36.2 Å². The molecule has 0 bridgehead atoms. The van der Waals surface area contributed by atoms with E-state index in [1.165, 1.54) is 12.1 Å². The van der Waals surface area contributed by atoms with E-state index in [0.717, 1.165) is 11.6 Å². The number of hydrogen-bond acceptors (Lipinski definition) is 2. The highest BCUT2D eigenvalue weighted by atomic mass is 19.4. The maximum atomic E-state index is 12.9. The standard InChI is InChI=1S/C15H15F3N2/c1-10-6-7-13(19)14(8-10)20-9-11-4-2-3-5-12(11)15(16,17)18/h2-8,20H,9,19H2,1H3. The van der Waals surface area contributed by atoms with Crippen molar-refractivity contribution in [2.75, 3.05) is 11.1 Å². The summed E-state index contributed by atoms with van der Waals surface area (Å²) < 4.78 is 38.6. The van der Waals surface area contributed by atoms with Crippen LogP contribution in [0.15, 0.2) is 42.5 Å². The second-order valence-corrected chi connectivity index (χ2v) is 4.60. The molecule has 0 amide bonds. The average Bonchev–Trinajstić information content (AvgIpc) is 2.39. The predicted octanol–water partition coefficient (Wildman–Crippen LogP) is 4.21. The van der Waals surface area contributed by atoms with Crippen LogP contribution in [-0.4, -0.2) is 0 Å². The number of rotatable bonds is 3. The molecule has 0 unspecified atom stereocenters. The fraction of sp³-hybridized carbons (Fsp3) is 0.200. The first-order chi connectivity index (χ1) is 9.38. The molecule has 106 valence electrons. The molecule has 0 saturated heterocycles. The van der Waals surface area contributed by atoms with Gasteiger partial charge in [-0.1, -0.05) is 24.3 Å². The highest BCUT2D eigenvalue weighted by molar-refractivity contribution is 5.67. The van der Waals surface area contributed by atoms with E-state index in [2.05, 4.69) is 5.32 Å². The first-order valence-corrected chi connectivity index (χ1v) is 6.13. The highest BCUT2D eigenvalue weighted by Gasteiger charge is 2.32. The smallest absolute Gasteiger partial charge is 0.397 e. The summed E-state index contributed by atoms with van der Waals surface area (Å²) in [4.78, 5) is 0. The second kappa shape index (κ2) is 5.45. The van der Waals surface area contributed by atoms with Crippen LogP contribution in [0.1, 0.15) is 16.7 Å². The molecule has 2 rings (SSSR count). The van der Waals surface area contributed by atoms with Crippen LogP contribution in [0.3, 0.4) is 0 Å². The van der Waals surface area contributed by atoms with Crippen molar-refractivity contribution in [2.24, 2.45) is 0 Å². The van der Waals surface area contributed by atoms with E-state index < -0.39 is 11.7 Å². The zero-order valence-electron chi connectivity index (χ0n) is 11.0. The summed E-state index contributed by atoms with van der Waals surface area (Å²) in [6.45, 7) is 1.97. The van der Waals surface area contributed by atoms with Crippen LogP contribution in [0.25, 0.3) is 0 Å². The molecule has 0 atom stereocenters. The maximum Gasteiger partial charge on any atom is 0.416 e. The van der Waals surface area contributed by atoms with Gasteiger partial charge in [0.05, 0.1) is 16.9 Å². The van der Waals surface area contributed by atoms with Crippen molar-refractivity contribution in [2.45, 2.75) is 19.6 Å². The van der Waals surface area contributed by atoms with E-state index >= 15 is 0 Å². The first-order valence-electron chi connectivity index (χ1n) is 6.13. The van der Waals surface area contributed by atoms with Gasteiger partial charge in [0, 0.05) is 6.54 Å². The van der Waals surface area contributed by atoms with E-state index in [1.807, 2.05) is 19.1 Å². The first kappa shape index (κ1) is 14.2. The van der Waals surface area contributed by atoms with E-state index in [1.54, 1.807) is 12.1 Å². The van der Waals surface area contributed by atoms with Crippen LogP contribution >= 0.6 is 0 Å². The normalized spacial score (nSPS) is 11.4. The predicted molar refractivity (Wildman–Crippen MR) is 74.4 cm³/mol. The van der Waals surface area contributed by atoms with Crippen molar-refractivity contribution in [3.63, 3.8) is 0 Å². The van der Waals surface area contributed by atoms with Crippen molar-refractivity contribution in [3.8, 4) is 0 Å². The topological polar surface area (TPSA) is 38.0 Å². The Bertz CT molecular complexity index is 606. The van der Waals surface area contributed by atoms with Crippen LogP contribution in [-0.2, 0) is 12.7 Å². The Morgan fingerprint density at radius 2 is 1.80 bits per heavy atom. The van der Waals surface area contributed by atoms with Crippen LogP contribution < -0.4 is 11.1 Å². The third kappa shape index (κ3) is 3.23. The van der Waals surface area contributed by atoms with E-state index in [-0.39, 0.29) is 12.1 Å². The lowest BCUT2D eigenvalue weighted by Gasteiger charge is -2.15. The van der Waals surface area contributed by atoms with E-state index in [9.17, 15) is 13.2 Å². The van der Waals surface area contributed by atoms with Gasteiger partial charge in [-0.25, -0.2) is 0 Å². The summed E-state index contributed by atoms with van der Waals surface area (Å²) in [5.74, 6) is 0. The van der Waals surface area contributed by atoms with Gasteiger partial charge in [0.2, 0.25) is 0 Å². The minimum Gasteiger partial charge on any atom is -0.397 e. The molecular formula is C15H15F3N2. The number of hydrogen-bond donors (Lipinski definition) is 2. The number of aryl methyl sites for hydroxylation is 1. The van der Waals surface area contributed by atoms with Gasteiger partial charge in [-0.2, -0.15) is 13.2 Å². The van der Waals surface area contributed by atoms with E-state index in [4.69, 9.17) is 5.73 Å². The molecule has 0 aliphatic heterocycles. The molecule has 0 spiro atoms.